The fourth-order valence-corrected chi connectivity index (χ4v) is 4.16. The average molecular weight is 438 g/mol. The maximum Gasteiger partial charge on any atom is 0.407 e. The number of hydrogen-bond acceptors (Lipinski definition) is 6. The van der Waals surface area contributed by atoms with Gasteiger partial charge in [0, 0.05) is 63.9 Å². The molecule has 1 aliphatic heterocycles. The molecule has 0 atom stereocenters. The standard InChI is InChI=1S/C23H26N4O5/c1-25-13-18(16-4-5-24-12-17(16)22(25)28)15-10-20(31-2)19(21(11-15)32-3)14-26-6-8-27(9-7-26)23(29)30/h4-5,10-13H,6-9,14H2,1-3H3,(H,29,30). The first-order chi connectivity index (χ1) is 15.4. The zero-order chi connectivity index (χ0) is 22.8. The van der Waals surface area contributed by atoms with Crippen molar-refractivity contribution in [1.82, 2.24) is 19.4 Å². The predicted molar refractivity (Wildman–Crippen MR) is 120 cm³/mol. The van der Waals surface area contributed by atoms with E-state index in [1.54, 1.807) is 38.2 Å². The van der Waals surface area contributed by atoms with Crippen molar-refractivity contribution >= 4 is 16.9 Å². The Labute approximate surface area is 185 Å². The van der Waals surface area contributed by atoms with Crippen LogP contribution in [0.25, 0.3) is 21.9 Å². The second kappa shape index (κ2) is 8.88. The molecule has 1 amide bonds. The zero-order valence-corrected chi connectivity index (χ0v) is 18.4. The molecule has 0 spiro atoms. The first-order valence-electron chi connectivity index (χ1n) is 10.3. The molecule has 3 heterocycles. The molecule has 1 aromatic carbocycles. The van der Waals surface area contributed by atoms with Crippen LogP contribution in [0.3, 0.4) is 0 Å². The van der Waals surface area contributed by atoms with Gasteiger partial charge in [-0.1, -0.05) is 0 Å². The summed E-state index contributed by atoms with van der Waals surface area (Å²) in [6.45, 7) is 2.79. The fourth-order valence-electron chi connectivity index (χ4n) is 4.16. The summed E-state index contributed by atoms with van der Waals surface area (Å²) in [5, 5.41) is 10.5. The molecule has 0 bridgehead atoms. The number of piperazine rings is 1. The van der Waals surface area contributed by atoms with Crippen LogP contribution >= 0.6 is 0 Å². The molecule has 0 unspecified atom stereocenters. The molecule has 0 aliphatic carbocycles. The molecular formula is C23H26N4O5. The van der Waals surface area contributed by atoms with Crippen molar-refractivity contribution in [2.75, 3.05) is 40.4 Å². The summed E-state index contributed by atoms with van der Waals surface area (Å²) in [5.74, 6) is 1.35. The van der Waals surface area contributed by atoms with Gasteiger partial charge in [-0.3, -0.25) is 14.7 Å². The van der Waals surface area contributed by atoms with Gasteiger partial charge in [0.15, 0.2) is 0 Å². The van der Waals surface area contributed by atoms with Gasteiger partial charge in [0.05, 0.1) is 25.2 Å². The lowest BCUT2D eigenvalue weighted by Gasteiger charge is -2.33. The van der Waals surface area contributed by atoms with Crippen LogP contribution in [-0.4, -0.2) is 70.9 Å². The van der Waals surface area contributed by atoms with Crippen LogP contribution in [0.5, 0.6) is 11.5 Å². The zero-order valence-electron chi connectivity index (χ0n) is 18.4. The molecule has 168 valence electrons. The van der Waals surface area contributed by atoms with Crippen molar-refractivity contribution in [2.45, 2.75) is 6.54 Å². The second-order valence-corrected chi connectivity index (χ2v) is 7.79. The molecular weight excluding hydrogens is 412 g/mol. The monoisotopic (exact) mass is 438 g/mol. The van der Waals surface area contributed by atoms with Crippen LogP contribution in [0, 0.1) is 0 Å². The third-order valence-corrected chi connectivity index (χ3v) is 5.93. The van der Waals surface area contributed by atoms with Gasteiger partial charge in [0.1, 0.15) is 11.5 Å². The molecule has 9 heteroatoms. The number of aryl methyl sites for hydroxylation is 1. The van der Waals surface area contributed by atoms with Crippen molar-refractivity contribution in [3.8, 4) is 22.6 Å². The van der Waals surface area contributed by atoms with E-state index >= 15 is 0 Å². The molecule has 2 aromatic heterocycles. The van der Waals surface area contributed by atoms with Crippen LogP contribution in [-0.2, 0) is 13.6 Å². The van der Waals surface area contributed by atoms with Crippen molar-refractivity contribution < 1.29 is 19.4 Å². The van der Waals surface area contributed by atoms with E-state index < -0.39 is 6.09 Å². The minimum atomic E-state index is -0.885. The number of aromatic nitrogens is 2. The Kier molecular flexibility index (Phi) is 6.00. The predicted octanol–water partition coefficient (Wildman–Crippen LogP) is 2.41. The largest absolute Gasteiger partial charge is 0.496 e. The summed E-state index contributed by atoms with van der Waals surface area (Å²) in [7, 11) is 4.96. The summed E-state index contributed by atoms with van der Waals surface area (Å²) in [4.78, 5) is 31.4. The lowest BCUT2D eigenvalue weighted by Crippen LogP contribution is -2.47. The molecule has 4 rings (SSSR count). The molecule has 9 nitrogen and oxygen atoms in total. The maximum absolute atomic E-state index is 12.5. The number of amides is 1. The molecule has 1 N–H and O–H groups in total. The van der Waals surface area contributed by atoms with E-state index in [1.807, 2.05) is 24.4 Å². The van der Waals surface area contributed by atoms with Gasteiger partial charge in [-0.15, -0.1) is 0 Å². The quantitative estimate of drug-likeness (QED) is 0.653. The third-order valence-electron chi connectivity index (χ3n) is 5.93. The molecule has 1 aliphatic rings. The Bertz CT molecular complexity index is 1190. The van der Waals surface area contributed by atoms with E-state index in [9.17, 15) is 14.7 Å². The number of carboxylic acid groups (broad SMARTS) is 1. The lowest BCUT2D eigenvalue weighted by atomic mass is 9.99. The summed E-state index contributed by atoms with van der Waals surface area (Å²) in [6.07, 6.45) is 4.18. The minimum Gasteiger partial charge on any atom is -0.496 e. The van der Waals surface area contributed by atoms with Gasteiger partial charge < -0.3 is 24.0 Å². The van der Waals surface area contributed by atoms with Gasteiger partial charge in [0.25, 0.3) is 5.56 Å². The van der Waals surface area contributed by atoms with E-state index in [4.69, 9.17) is 9.47 Å². The van der Waals surface area contributed by atoms with Crippen LogP contribution in [0.4, 0.5) is 4.79 Å². The number of carbonyl (C=O) groups is 1. The number of benzene rings is 1. The van der Waals surface area contributed by atoms with Gasteiger partial charge in [-0.05, 0) is 29.1 Å². The van der Waals surface area contributed by atoms with E-state index in [-0.39, 0.29) is 5.56 Å². The number of nitrogens with zero attached hydrogens (tertiary/aromatic N) is 4. The normalized spacial score (nSPS) is 14.5. The van der Waals surface area contributed by atoms with E-state index in [0.29, 0.717) is 49.6 Å². The number of rotatable bonds is 5. The molecule has 0 saturated carbocycles. The average Bonchev–Trinajstić information content (AvgIpc) is 2.81. The number of pyridine rings is 2. The second-order valence-electron chi connectivity index (χ2n) is 7.79. The van der Waals surface area contributed by atoms with E-state index in [2.05, 4.69) is 9.88 Å². The van der Waals surface area contributed by atoms with Crippen molar-refractivity contribution in [3.63, 3.8) is 0 Å². The Balaban J connectivity index is 1.73. The van der Waals surface area contributed by atoms with E-state index in [0.717, 1.165) is 22.1 Å². The first kappa shape index (κ1) is 21.6. The molecule has 1 saturated heterocycles. The van der Waals surface area contributed by atoms with E-state index in [1.165, 1.54) is 4.90 Å². The number of fused-ring (bicyclic) bond motifs is 1. The molecule has 0 radical (unpaired) electrons. The molecule has 32 heavy (non-hydrogen) atoms. The van der Waals surface area contributed by atoms with Gasteiger partial charge in [-0.2, -0.15) is 0 Å². The lowest BCUT2D eigenvalue weighted by molar-refractivity contribution is 0.102. The summed E-state index contributed by atoms with van der Waals surface area (Å²) in [6, 6.07) is 5.73. The number of ether oxygens (including phenoxy) is 2. The van der Waals surface area contributed by atoms with Crippen LogP contribution in [0.1, 0.15) is 5.56 Å². The summed E-state index contributed by atoms with van der Waals surface area (Å²) >= 11 is 0. The first-order valence-corrected chi connectivity index (χ1v) is 10.3. The Morgan fingerprint density at radius 1 is 1.09 bits per heavy atom. The Morgan fingerprint density at radius 3 is 2.34 bits per heavy atom. The SMILES string of the molecule is COc1cc(-c2cn(C)c(=O)c3cnccc23)cc(OC)c1CN1CCN(C(=O)O)CC1. The summed E-state index contributed by atoms with van der Waals surface area (Å²) in [5.41, 5.74) is 2.54. The van der Waals surface area contributed by atoms with Crippen LogP contribution < -0.4 is 15.0 Å². The van der Waals surface area contributed by atoms with Gasteiger partial charge in [0.2, 0.25) is 0 Å². The minimum absolute atomic E-state index is 0.104. The highest BCUT2D eigenvalue weighted by Gasteiger charge is 2.23. The van der Waals surface area contributed by atoms with Gasteiger partial charge >= 0.3 is 6.09 Å². The number of methoxy groups -OCH3 is 2. The van der Waals surface area contributed by atoms with Gasteiger partial charge in [-0.25, -0.2) is 4.79 Å². The summed E-state index contributed by atoms with van der Waals surface area (Å²) < 4.78 is 13.0. The Morgan fingerprint density at radius 2 is 1.75 bits per heavy atom. The smallest absolute Gasteiger partial charge is 0.407 e. The number of hydrogen-bond donors (Lipinski definition) is 1. The maximum atomic E-state index is 12.5. The van der Waals surface area contributed by atoms with Crippen molar-refractivity contribution in [2.24, 2.45) is 7.05 Å². The molecule has 3 aromatic rings. The highest BCUT2D eigenvalue weighted by atomic mass is 16.5. The molecule has 1 fully saturated rings. The van der Waals surface area contributed by atoms with Crippen molar-refractivity contribution in [3.05, 3.63) is 52.7 Å². The van der Waals surface area contributed by atoms with Crippen LogP contribution in [0.15, 0.2) is 41.6 Å². The highest BCUT2D eigenvalue weighted by molar-refractivity contribution is 5.95. The Hall–Kier alpha value is -3.59. The third kappa shape index (κ3) is 3.99. The van der Waals surface area contributed by atoms with Crippen LogP contribution in [0.2, 0.25) is 0 Å². The topological polar surface area (TPSA) is 97.1 Å². The fraction of sp³-hybridized carbons (Fsp3) is 0.348. The van der Waals surface area contributed by atoms with Crippen molar-refractivity contribution in [1.29, 1.82) is 0 Å². The highest BCUT2D eigenvalue weighted by Crippen LogP contribution is 2.37.